The molecule has 0 radical (unpaired) electrons. The average Bonchev–Trinajstić information content (AvgIpc) is 3.47. The van der Waals surface area contributed by atoms with Crippen LogP contribution in [0.2, 0.25) is 5.02 Å². The summed E-state index contributed by atoms with van der Waals surface area (Å²) in [4.78, 5) is 27.5. The number of likely N-dealkylation sites (tertiary alicyclic amines) is 1. The van der Waals surface area contributed by atoms with Crippen LogP contribution in [0.4, 0.5) is 20.6 Å². The van der Waals surface area contributed by atoms with Gasteiger partial charge in [-0.15, -0.1) is 0 Å². The minimum absolute atomic E-state index is 0.0254. The minimum atomic E-state index is -0.567. The zero-order chi connectivity index (χ0) is 29.2. The highest BCUT2D eigenvalue weighted by Crippen LogP contribution is 2.34. The second kappa shape index (κ2) is 11.9. The number of ether oxygens (including phenoxy) is 1. The maximum absolute atomic E-state index is 13.9. The van der Waals surface area contributed by atoms with Crippen LogP contribution < -0.4 is 10.6 Å². The van der Waals surface area contributed by atoms with Gasteiger partial charge in [0.15, 0.2) is 0 Å². The molecule has 1 fully saturated rings. The molecule has 8 nitrogen and oxygen atoms in total. The molecule has 0 bridgehead atoms. The fraction of sp³-hybridized carbons (Fsp3) is 0.433. The van der Waals surface area contributed by atoms with Gasteiger partial charge in [0, 0.05) is 30.6 Å². The third-order valence-electron chi connectivity index (χ3n) is 6.77. The van der Waals surface area contributed by atoms with Gasteiger partial charge in [0.05, 0.1) is 22.1 Å². The molecule has 2 amide bonds. The van der Waals surface area contributed by atoms with Crippen molar-refractivity contribution in [3.8, 4) is 11.1 Å². The van der Waals surface area contributed by atoms with Crippen LogP contribution in [0, 0.1) is 25.6 Å². The molecule has 10 heteroatoms. The number of hydrogen-bond acceptors (Lipinski definition) is 6. The molecule has 1 aromatic heterocycles. The van der Waals surface area contributed by atoms with E-state index in [4.69, 9.17) is 20.9 Å². The van der Waals surface area contributed by atoms with Gasteiger partial charge in [-0.05, 0) is 82.9 Å². The summed E-state index contributed by atoms with van der Waals surface area (Å²) in [5.74, 6) is -0.485. The van der Waals surface area contributed by atoms with Gasteiger partial charge in [-0.3, -0.25) is 4.79 Å². The average molecular weight is 571 g/mol. The number of amides is 2. The Morgan fingerprint density at radius 2 is 1.95 bits per heavy atom. The van der Waals surface area contributed by atoms with Crippen LogP contribution in [0.3, 0.4) is 0 Å². The summed E-state index contributed by atoms with van der Waals surface area (Å²) in [5.41, 5.74) is 3.90. The summed E-state index contributed by atoms with van der Waals surface area (Å²) >= 11 is 5.81. The van der Waals surface area contributed by atoms with Crippen LogP contribution in [-0.2, 0) is 16.0 Å². The lowest BCUT2D eigenvalue weighted by Gasteiger charge is -2.25. The zero-order valence-corrected chi connectivity index (χ0v) is 24.5. The second-order valence-electron chi connectivity index (χ2n) is 11.4. The van der Waals surface area contributed by atoms with Crippen LogP contribution in [0.1, 0.15) is 51.1 Å². The fourth-order valence-corrected chi connectivity index (χ4v) is 4.90. The first-order chi connectivity index (χ1) is 18.8. The largest absolute Gasteiger partial charge is 0.444 e. The van der Waals surface area contributed by atoms with E-state index in [1.807, 2.05) is 52.8 Å². The molecule has 214 valence electrons. The number of nitrogens with zero attached hydrogens (tertiary/aromatic N) is 2. The van der Waals surface area contributed by atoms with Crippen molar-refractivity contribution in [2.75, 3.05) is 23.7 Å². The first-order valence-electron chi connectivity index (χ1n) is 13.4. The van der Waals surface area contributed by atoms with Crippen molar-refractivity contribution in [1.82, 2.24) is 10.1 Å². The predicted molar refractivity (Wildman–Crippen MR) is 154 cm³/mol. The predicted octanol–water partition coefficient (Wildman–Crippen LogP) is 6.99. The highest BCUT2D eigenvalue weighted by molar-refractivity contribution is 6.30. The van der Waals surface area contributed by atoms with Gasteiger partial charge in [-0.25, -0.2) is 9.18 Å². The Morgan fingerprint density at radius 3 is 2.60 bits per heavy atom. The molecular formula is C30H36ClFN4O4. The number of nitrogens with one attached hydrogen (secondary N) is 2. The Kier molecular flexibility index (Phi) is 8.73. The number of anilines is 2. The summed E-state index contributed by atoms with van der Waals surface area (Å²) < 4.78 is 24.8. The lowest BCUT2D eigenvalue weighted by atomic mass is 9.99. The Bertz CT molecular complexity index is 1380. The lowest BCUT2D eigenvalue weighted by molar-refractivity contribution is -0.119. The van der Waals surface area contributed by atoms with Gasteiger partial charge in [-0.2, -0.15) is 0 Å². The van der Waals surface area contributed by atoms with Crippen LogP contribution in [0.5, 0.6) is 0 Å². The normalized spacial score (nSPS) is 16.1. The first kappa shape index (κ1) is 29.4. The molecule has 4 rings (SSSR count). The van der Waals surface area contributed by atoms with Crippen molar-refractivity contribution < 1.29 is 23.2 Å². The van der Waals surface area contributed by atoms with E-state index in [0.717, 1.165) is 28.9 Å². The zero-order valence-electron chi connectivity index (χ0n) is 23.7. The molecule has 0 saturated carbocycles. The number of aryl methyl sites for hydroxylation is 2. The van der Waals surface area contributed by atoms with Crippen LogP contribution in [0.25, 0.3) is 11.1 Å². The molecule has 0 unspecified atom stereocenters. The number of aromatic nitrogens is 1. The van der Waals surface area contributed by atoms with E-state index in [1.54, 1.807) is 17.9 Å². The summed E-state index contributed by atoms with van der Waals surface area (Å²) in [6.45, 7) is 12.1. The van der Waals surface area contributed by atoms with E-state index in [9.17, 15) is 14.0 Å². The molecule has 3 aromatic rings. The van der Waals surface area contributed by atoms with E-state index in [1.165, 1.54) is 12.1 Å². The third kappa shape index (κ3) is 7.13. The van der Waals surface area contributed by atoms with Gasteiger partial charge in [0.25, 0.3) is 0 Å². The molecule has 2 N–H and O–H groups in total. The van der Waals surface area contributed by atoms with Gasteiger partial charge >= 0.3 is 6.09 Å². The van der Waals surface area contributed by atoms with Crippen molar-refractivity contribution in [2.45, 2.75) is 66.0 Å². The summed E-state index contributed by atoms with van der Waals surface area (Å²) in [7, 11) is 0. The highest BCUT2D eigenvalue weighted by Gasteiger charge is 2.30. The van der Waals surface area contributed by atoms with Crippen molar-refractivity contribution in [1.29, 1.82) is 0 Å². The third-order valence-corrected chi connectivity index (χ3v) is 7.08. The molecular weight excluding hydrogens is 535 g/mol. The standard InChI is InChI=1S/C30H36ClFN4O4/c1-17(13-20-7-9-23(31)24(32)14-20)28(37)34-26-15-21(27-18(2)35-40-19(27)3)8-10-25(26)33-22-11-12-36(16-22)29(38)39-30(4,5)6/h7-10,14-15,17,22,33H,11-13,16H2,1-6H3,(H,34,37)/t17-,22-/m1/s1. The molecule has 1 aliphatic rings. The number of hydrogen-bond donors (Lipinski definition) is 2. The van der Waals surface area contributed by atoms with Crippen LogP contribution in [-0.4, -0.2) is 46.8 Å². The Hall–Kier alpha value is -3.59. The monoisotopic (exact) mass is 570 g/mol. The molecule has 2 aromatic carbocycles. The Balaban J connectivity index is 1.54. The summed E-state index contributed by atoms with van der Waals surface area (Å²) in [6.07, 6.45) is 0.739. The van der Waals surface area contributed by atoms with E-state index in [0.29, 0.717) is 36.5 Å². The number of carbonyl (C=O) groups is 2. The van der Waals surface area contributed by atoms with Crippen LogP contribution >= 0.6 is 11.6 Å². The SMILES string of the molecule is Cc1noc(C)c1-c1ccc(N[C@@H]2CCN(C(=O)OC(C)(C)C)C2)c(NC(=O)[C@H](C)Cc2ccc(Cl)c(F)c2)c1. The quantitative estimate of drug-likeness (QED) is 0.318. The van der Waals surface area contributed by atoms with Gasteiger partial charge in [-0.1, -0.05) is 35.8 Å². The van der Waals surface area contributed by atoms with Crippen LogP contribution in [0.15, 0.2) is 40.9 Å². The molecule has 1 saturated heterocycles. The van der Waals surface area contributed by atoms with E-state index < -0.39 is 17.3 Å². The lowest BCUT2D eigenvalue weighted by Crippen LogP contribution is -2.36. The van der Waals surface area contributed by atoms with Crippen molar-refractivity contribution in [3.05, 3.63) is 64.3 Å². The first-order valence-corrected chi connectivity index (χ1v) is 13.7. The fourth-order valence-electron chi connectivity index (χ4n) is 4.78. The Labute approximate surface area is 239 Å². The smallest absolute Gasteiger partial charge is 0.410 e. The van der Waals surface area contributed by atoms with Gasteiger partial charge < -0.3 is 24.8 Å². The number of benzene rings is 2. The Morgan fingerprint density at radius 1 is 1.20 bits per heavy atom. The van der Waals surface area contributed by atoms with Gasteiger partial charge in [0.2, 0.25) is 5.91 Å². The molecule has 2 heterocycles. The van der Waals surface area contributed by atoms with E-state index in [-0.39, 0.29) is 23.1 Å². The molecule has 40 heavy (non-hydrogen) atoms. The number of carbonyl (C=O) groups excluding carboxylic acids is 2. The van der Waals surface area contributed by atoms with Crippen molar-refractivity contribution in [3.63, 3.8) is 0 Å². The topological polar surface area (TPSA) is 96.7 Å². The van der Waals surface area contributed by atoms with Crippen molar-refractivity contribution >= 4 is 35.0 Å². The van der Waals surface area contributed by atoms with E-state index >= 15 is 0 Å². The molecule has 1 aliphatic heterocycles. The maximum Gasteiger partial charge on any atom is 0.410 e. The molecule has 0 aliphatic carbocycles. The summed E-state index contributed by atoms with van der Waals surface area (Å²) in [6, 6.07) is 10.3. The molecule has 2 atom stereocenters. The second-order valence-corrected chi connectivity index (χ2v) is 11.8. The summed E-state index contributed by atoms with van der Waals surface area (Å²) in [5, 5.41) is 10.7. The van der Waals surface area contributed by atoms with E-state index in [2.05, 4.69) is 15.8 Å². The number of rotatable bonds is 7. The number of halogens is 2. The highest BCUT2D eigenvalue weighted by atomic mass is 35.5. The maximum atomic E-state index is 13.9. The molecule has 0 spiro atoms. The van der Waals surface area contributed by atoms with Gasteiger partial charge in [0.1, 0.15) is 17.2 Å². The van der Waals surface area contributed by atoms with Crippen molar-refractivity contribution in [2.24, 2.45) is 5.92 Å². The minimum Gasteiger partial charge on any atom is -0.444 e.